The van der Waals surface area contributed by atoms with E-state index in [0.717, 1.165) is 0 Å². The topological polar surface area (TPSA) is 379 Å². The van der Waals surface area contributed by atoms with Crippen molar-refractivity contribution >= 4 is 114 Å². The monoisotopic (exact) mass is 1190 g/mol. The molecule has 24 heteroatoms. The van der Waals surface area contributed by atoms with Gasteiger partial charge in [-0.05, 0) is 123 Å². The van der Waals surface area contributed by atoms with Crippen molar-refractivity contribution in [1.29, 1.82) is 0 Å². The minimum atomic E-state index is -2.06. The van der Waals surface area contributed by atoms with Gasteiger partial charge in [0.15, 0.2) is 0 Å². The van der Waals surface area contributed by atoms with Crippen LogP contribution in [-0.2, 0) is 4.79 Å². The van der Waals surface area contributed by atoms with E-state index in [2.05, 4.69) is 16.0 Å². The zero-order chi connectivity index (χ0) is 46.0. The Morgan fingerprint density at radius 3 is 1.51 bits per heavy atom. The summed E-state index contributed by atoms with van der Waals surface area (Å²) >= 11 is 4.91. The number of amides is 5. The second-order valence-corrected chi connectivity index (χ2v) is 16.6. The van der Waals surface area contributed by atoms with Gasteiger partial charge in [0.2, 0.25) is 5.91 Å². The van der Waals surface area contributed by atoms with Gasteiger partial charge in [-0.25, -0.2) is 4.90 Å². The molecule has 8 atom stereocenters. The average Bonchev–Trinajstić information content (AvgIpc) is 3.23. The third-order valence-electron chi connectivity index (χ3n) is 9.08. The standard InChI is InChI=1S/C37H45I3N6O15/c1-14-8-16(42)4-7-18(14)34(58)45-17-5-2-15(3-6-17)37(61)46(23(53)9-41)29-27(39)24(35(59)43-10-19(49)30(54)32(56)21(51)12-47)26(38)25(28(29)40)36(60)44-11-20(50)31(55)33(57)22(52)13-48/h2-8,19-22,30-33,47-52,54-57H,9-13,41-42H2,1H3,(H,43,59)(H,44,60)(H,45,58). The lowest BCUT2D eigenvalue weighted by molar-refractivity contribution is -0.116. The summed E-state index contributed by atoms with van der Waals surface area (Å²) in [6, 6.07) is 10.1. The number of halogens is 3. The van der Waals surface area contributed by atoms with Crippen molar-refractivity contribution in [2.45, 2.75) is 55.8 Å². The Morgan fingerprint density at radius 2 is 1.10 bits per heavy atom. The van der Waals surface area contributed by atoms with E-state index in [1.807, 2.05) is 0 Å². The van der Waals surface area contributed by atoms with E-state index in [9.17, 15) is 64.8 Å². The van der Waals surface area contributed by atoms with E-state index in [1.54, 1.807) is 92.9 Å². The third-order valence-corrected chi connectivity index (χ3v) is 12.3. The lowest BCUT2D eigenvalue weighted by Crippen LogP contribution is -2.50. The first-order valence-corrected chi connectivity index (χ1v) is 21.1. The van der Waals surface area contributed by atoms with Crippen LogP contribution in [0.3, 0.4) is 0 Å². The Morgan fingerprint density at radius 1 is 0.656 bits per heavy atom. The molecule has 0 fully saturated rings. The van der Waals surface area contributed by atoms with E-state index in [1.165, 1.54) is 24.3 Å². The summed E-state index contributed by atoms with van der Waals surface area (Å²) in [6.45, 7) is -2.55. The number of carbonyl (C=O) groups excluding carboxylic acids is 5. The highest BCUT2D eigenvalue weighted by atomic mass is 127. The van der Waals surface area contributed by atoms with Crippen molar-refractivity contribution in [3.63, 3.8) is 0 Å². The second kappa shape index (κ2) is 23.4. The largest absolute Gasteiger partial charge is 0.399 e. The number of aliphatic hydroxyl groups excluding tert-OH is 10. The van der Waals surface area contributed by atoms with Crippen LogP contribution in [0.4, 0.5) is 17.1 Å². The van der Waals surface area contributed by atoms with Crippen LogP contribution in [-0.4, -0.2) is 162 Å². The van der Waals surface area contributed by atoms with E-state index in [4.69, 9.17) is 21.7 Å². The molecule has 0 aliphatic rings. The molecular weight excluding hydrogens is 1150 g/mol. The van der Waals surface area contributed by atoms with Gasteiger partial charge < -0.3 is 78.5 Å². The SMILES string of the molecule is Cc1cc(N)ccc1C(=O)Nc1ccc(C(=O)N(C(=O)CN)c2c(I)c(C(=O)NCC(O)C(O)C(O)C(O)CO)c(I)c(C(=O)NCC(O)C(O)C(O)C(O)CO)c2I)cc1. The van der Waals surface area contributed by atoms with Crippen LogP contribution in [0.1, 0.15) is 47.0 Å². The summed E-state index contributed by atoms with van der Waals surface area (Å²) in [7, 11) is 0. The summed E-state index contributed by atoms with van der Waals surface area (Å²) in [6.07, 6.45) is -15.7. The number of nitrogens with zero attached hydrogens (tertiary/aromatic N) is 1. The van der Waals surface area contributed by atoms with Gasteiger partial charge in [-0.2, -0.15) is 0 Å². The van der Waals surface area contributed by atoms with E-state index >= 15 is 0 Å². The van der Waals surface area contributed by atoms with Crippen LogP contribution >= 0.6 is 67.8 Å². The highest BCUT2D eigenvalue weighted by Gasteiger charge is 2.37. The Hall–Kier alpha value is -3.24. The summed E-state index contributed by atoms with van der Waals surface area (Å²) in [5.74, 6) is -4.59. The van der Waals surface area contributed by atoms with Gasteiger partial charge in [0.05, 0.1) is 55.9 Å². The fourth-order valence-electron chi connectivity index (χ4n) is 5.58. The van der Waals surface area contributed by atoms with Gasteiger partial charge in [-0.15, -0.1) is 0 Å². The van der Waals surface area contributed by atoms with Crippen LogP contribution < -0.4 is 32.3 Å². The molecule has 0 aromatic heterocycles. The zero-order valence-electron chi connectivity index (χ0n) is 31.9. The molecule has 17 N–H and O–H groups in total. The number of aryl methyl sites for hydroxylation is 1. The molecule has 5 amide bonds. The fourth-order valence-corrected chi connectivity index (χ4v) is 10.2. The summed E-state index contributed by atoms with van der Waals surface area (Å²) in [5.41, 5.74) is 12.1. The van der Waals surface area contributed by atoms with Crippen LogP contribution in [0.2, 0.25) is 0 Å². The van der Waals surface area contributed by atoms with Crippen LogP contribution in [0.15, 0.2) is 42.5 Å². The van der Waals surface area contributed by atoms with Gasteiger partial charge in [0.25, 0.3) is 23.6 Å². The van der Waals surface area contributed by atoms with Gasteiger partial charge in [-0.1, -0.05) is 0 Å². The zero-order valence-corrected chi connectivity index (χ0v) is 38.4. The molecule has 61 heavy (non-hydrogen) atoms. The van der Waals surface area contributed by atoms with Crippen molar-refractivity contribution in [2.75, 3.05) is 48.8 Å². The first kappa shape index (κ1) is 52.1. The predicted molar refractivity (Wildman–Crippen MR) is 242 cm³/mol. The molecule has 0 aliphatic heterocycles. The van der Waals surface area contributed by atoms with Gasteiger partial charge in [0, 0.05) is 39.2 Å². The van der Waals surface area contributed by atoms with Gasteiger partial charge >= 0.3 is 0 Å². The third kappa shape index (κ3) is 12.7. The second-order valence-electron chi connectivity index (χ2n) is 13.4. The number of benzene rings is 3. The lowest BCUT2D eigenvalue weighted by atomic mass is 10.0. The van der Waals surface area contributed by atoms with Crippen molar-refractivity contribution < 1.29 is 75.0 Å². The number of hydrogen-bond acceptors (Lipinski definition) is 17. The molecule has 0 aliphatic carbocycles. The Balaban J connectivity index is 2.12. The first-order chi connectivity index (χ1) is 28.6. The van der Waals surface area contributed by atoms with E-state index in [0.29, 0.717) is 21.7 Å². The Kier molecular flexibility index (Phi) is 20.0. The Bertz CT molecular complexity index is 2010. The molecule has 3 aromatic carbocycles. The van der Waals surface area contributed by atoms with Crippen LogP contribution in [0.5, 0.6) is 0 Å². The smallest absolute Gasteiger partial charge is 0.265 e. The molecule has 0 saturated carbocycles. The number of aliphatic hydroxyl groups is 10. The predicted octanol–water partition coefficient (Wildman–Crippen LogP) is -2.89. The van der Waals surface area contributed by atoms with Crippen molar-refractivity contribution in [3.8, 4) is 0 Å². The van der Waals surface area contributed by atoms with Gasteiger partial charge in [0.1, 0.15) is 36.6 Å². The quantitative estimate of drug-likeness (QED) is 0.0423. The number of carbonyl (C=O) groups is 5. The normalized spacial score (nSPS) is 15.3. The highest BCUT2D eigenvalue weighted by molar-refractivity contribution is 14.1. The maximum Gasteiger partial charge on any atom is 0.265 e. The fraction of sp³-hybridized carbons (Fsp3) is 0.378. The molecule has 0 radical (unpaired) electrons. The molecule has 334 valence electrons. The van der Waals surface area contributed by atoms with Crippen molar-refractivity contribution in [1.82, 2.24) is 10.6 Å². The Labute approximate surface area is 388 Å². The molecule has 21 nitrogen and oxygen atoms in total. The van der Waals surface area contributed by atoms with Gasteiger partial charge in [-0.3, -0.25) is 24.0 Å². The minimum Gasteiger partial charge on any atom is -0.399 e. The van der Waals surface area contributed by atoms with Crippen molar-refractivity contribution in [3.05, 3.63) is 81.0 Å². The lowest BCUT2D eigenvalue weighted by Gasteiger charge is -2.28. The summed E-state index contributed by atoms with van der Waals surface area (Å²) in [4.78, 5) is 69.3. The number of rotatable bonds is 19. The maximum absolute atomic E-state index is 14.3. The van der Waals surface area contributed by atoms with Crippen LogP contribution in [0.25, 0.3) is 0 Å². The van der Waals surface area contributed by atoms with E-state index in [-0.39, 0.29) is 38.8 Å². The number of nitrogen functional groups attached to an aromatic ring is 1. The summed E-state index contributed by atoms with van der Waals surface area (Å²) in [5, 5.41) is 107. The number of nitrogens with one attached hydrogen (secondary N) is 3. The number of imide groups is 1. The molecule has 0 bridgehead atoms. The molecular formula is C37H45I3N6O15. The summed E-state index contributed by atoms with van der Waals surface area (Å²) < 4.78 is -0.341. The number of hydrogen-bond donors (Lipinski definition) is 15. The molecule has 3 aromatic rings. The van der Waals surface area contributed by atoms with E-state index < -0.39 is 111 Å². The number of anilines is 3. The molecule has 0 spiro atoms. The van der Waals surface area contributed by atoms with Crippen LogP contribution in [0, 0.1) is 17.6 Å². The highest BCUT2D eigenvalue weighted by Crippen LogP contribution is 2.39. The maximum atomic E-state index is 14.3. The van der Waals surface area contributed by atoms with Crippen molar-refractivity contribution in [2.24, 2.45) is 5.73 Å². The minimum absolute atomic E-state index is 0.110. The molecule has 3 rings (SSSR count). The molecule has 8 unspecified atom stereocenters. The number of nitrogens with two attached hydrogens (primary N) is 2. The average molecular weight is 1190 g/mol. The first-order valence-electron chi connectivity index (χ1n) is 17.9. The molecule has 0 heterocycles. The molecule has 0 saturated heterocycles.